The molecule has 0 atom stereocenters. The number of aromatic nitrogens is 2. The van der Waals surface area contributed by atoms with Crippen LogP contribution in [0, 0.1) is 12.7 Å². The first kappa shape index (κ1) is 22.8. The van der Waals surface area contributed by atoms with Crippen molar-refractivity contribution in [1.29, 1.82) is 0 Å². The minimum Gasteiger partial charge on any atom is -0.466 e. The minimum absolute atomic E-state index is 0.256. The quantitative estimate of drug-likeness (QED) is 0.309. The smallest absolute Gasteiger partial charge is 0.302 e. The van der Waals surface area contributed by atoms with Gasteiger partial charge >= 0.3 is 5.97 Å². The van der Waals surface area contributed by atoms with Gasteiger partial charge in [0, 0.05) is 56.2 Å². The van der Waals surface area contributed by atoms with Crippen molar-refractivity contribution in [3.8, 4) is 11.3 Å². The summed E-state index contributed by atoms with van der Waals surface area (Å²) in [6.07, 6.45) is 1.57. The molecule has 0 radical (unpaired) electrons. The number of halogens is 1. The van der Waals surface area contributed by atoms with E-state index in [1.54, 1.807) is 31.2 Å². The van der Waals surface area contributed by atoms with Gasteiger partial charge in [-0.05, 0) is 43.7 Å². The van der Waals surface area contributed by atoms with Crippen molar-refractivity contribution in [1.82, 2.24) is 14.9 Å². The van der Waals surface area contributed by atoms with Crippen molar-refractivity contribution in [2.24, 2.45) is 0 Å². The molecule has 2 aromatic carbocycles. The molecule has 1 aliphatic rings. The largest absolute Gasteiger partial charge is 0.466 e. The molecule has 0 saturated carbocycles. The lowest BCUT2D eigenvalue weighted by molar-refractivity contribution is -0.141. The van der Waals surface area contributed by atoms with E-state index in [0.29, 0.717) is 34.9 Å². The number of ether oxygens (including phenoxy) is 1. The summed E-state index contributed by atoms with van der Waals surface area (Å²) in [5, 5.41) is 0.722. The maximum atomic E-state index is 15.2. The SMILES string of the molecule is CC(=O)OCCCN1CCN(c2ccc(-c3nc(C)nc4ccc(C=O)cc34)cc2F)CC1. The average molecular weight is 451 g/mol. The van der Waals surface area contributed by atoms with Crippen LogP contribution in [-0.2, 0) is 9.53 Å². The van der Waals surface area contributed by atoms with Gasteiger partial charge in [0.15, 0.2) is 0 Å². The van der Waals surface area contributed by atoms with E-state index in [0.717, 1.165) is 56.3 Å². The van der Waals surface area contributed by atoms with E-state index < -0.39 is 0 Å². The molecule has 3 aromatic rings. The zero-order valence-corrected chi connectivity index (χ0v) is 18.9. The van der Waals surface area contributed by atoms with Gasteiger partial charge in [0.05, 0.1) is 23.5 Å². The number of anilines is 1. The number of carbonyl (C=O) groups is 2. The number of piperazine rings is 1. The minimum atomic E-state index is -0.299. The first-order valence-corrected chi connectivity index (χ1v) is 11.1. The van der Waals surface area contributed by atoms with Crippen LogP contribution < -0.4 is 4.90 Å². The Morgan fingerprint density at radius 2 is 1.91 bits per heavy atom. The third-order valence-corrected chi connectivity index (χ3v) is 5.83. The number of aryl methyl sites for hydroxylation is 1. The van der Waals surface area contributed by atoms with E-state index in [1.807, 2.05) is 6.07 Å². The van der Waals surface area contributed by atoms with E-state index in [-0.39, 0.29) is 11.8 Å². The standard InChI is InChI=1S/C25H27FN4O3/c1-17-27-23-6-4-19(16-31)14-21(23)25(28-17)20-5-7-24(22(26)15-20)30-11-9-29(10-12-30)8-3-13-33-18(2)32/h4-7,14-16H,3,8-13H2,1-2H3. The monoisotopic (exact) mass is 450 g/mol. The fourth-order valence-corrected chi connectivity index (χ4v) is 4.18. The topological polar surface area (TPSA) is 75.6 Å². The molecule has 0 amide bonds. The number of hydrogen-bond donors (Lipinski definition) is 0. The lowest BCUT2D eigenvalue weighted by Crippen LogP contribution is -2.47. The second kappa shape index (κ2) is 10.0. The van der Waals surface area contributed by atoms with Gasteiger partial charge in [-0.2, -0.15) is 0 Å². The molecule has 7 nitrogen and oxygen atoms in total. The highest BCUT2D eigenvalue weighted by Crippen LogP contribution is 2.31. The van der Waals surface area contributed by atoms with Crippen molar-refractivity contribution < 1.29 is 18.7 Å². The number of hydrogen-bond acceptors (Lipinski definition) is 7. The van der Waals surface area contributed by atoms with Gasteiger partial charge in [-0.25, -0.2) is 14.4 Å². The summed E-state index contributed by atoms with van der Waals surface area (Å²) in [4.78, 5) is 35.4. The zero-order valence-electron chi connectivity index (χ0n) is 18.9. The molecule has 4 rings (SSSR count). The van der Waals surface area contributed by atoms with Gasteiger partial charge in [0.2, 0.25) is 0 Å². The highest BCUT2D eigenvalue weighted by Gasteiger charge is 2.20. The molecule has 0 bridgehead atoms. The molecule has 1 aromatic heterocycles. The van der Waals surface area contributed by atoms with E-state index in [9.17, 15) is 9.59 Å². The fraction of sp³-hybridized carbons (Fsp3) is 0.360. The van der Waals surface area contributed by atoms with Gasteiger partial charge in [0.1, 0.15) is 17.9 Å². The molecule has 1 fully saturated rings. The third-order valence-electron chi connectivity index (χ3n) is 5.83. The molecular weight excluding hydrogens is 423 g/mol. The molecule has 172 valence electrons. The van der Waals surface area contributed by atoms with Crippen molar-refractivity contribution in [3.05, 3.63) is 53.6 Å². The summed E-state index contributed by atoms with van der Waals surface area (Å²) >= 11 is 0. The molecule has 1 aliphatic heterocycles. The van der Waals surface area contributed by atoms with Crippen LogP contribution in [0.3, 0.4) is 0 Å². The van der Waals surface area contributed by atoms with Gasteiger partial charge in [0.25, 0.3) is 0 Å². The van der Waals surface area contributed by atoms with Gasteiger partial charge in [-0.3, -0.25) is 14.5 Å². The summed E-state index contributed by atoms with van der Waals surface area (Å²) < 4.78 is 20.2. The van der Waals surface area contributed by atoms with Crippen molar-refractivity contribution in [3.63, 3.8) is 0 Å². The van der Waals surface area contributed by atoms with Crippen LogP contribution in [-0.4, -0.2) is 66.5 Å². The summed E-state index contributed by atoms with van der Waals surface area (Å²) in [5.74, 6) is 0.0328. The number of nitrogens with zero attached hydrogens (tertiary/aromatic N) is 4. The second-order valence-electron chi connectivity index (χ2n) is 8.20. The first-order valence-electron chi connectivity index (χ1n) is 11.1. The van der Waals surface area contributed by atoms with Crippen LogP contribution in [0.25, 0.3) is 22.2 Å². The predicted octanol–water partition coefficient (Wildman–Crippen LogP) is 3.63. The Hall–Kier alpha value is -3.39. The number of aldehydes is 1. The molecule has 1 saturated heterocycles. The Bertz CT molecular complexity index is 1180. The molecule has 33 heavy (non-hydrogen) atoms. The number of esters is 1. The summed E-state index contributed by atoms with van der Waals surface area (Å²) in [7, 11) is 0. The highest BCUT2D eigenvalue weighted by molar-refractivity contribution is 5.95. The van der Waals surface area contributed by atoms with Crippen LogP contribution >= 0.6 is 0 Å². The Morgan fingerprint density at radius 1 is 1.12 bits per heavy atom. The van der Waals surface area contributed by atoms with E-state index in [2.05, 4.69) is 19.8 Å². The second-order valence-corrected chi connectivity index (χ2v) is 8.20. The van der Waals surface area contributed by atoms with Crippen LogP contribution in [0.2, 0.25) is 0 Å². The summed E-state index contributed by atoms with van der Waals surface area (Å²) in [5.41, 5.74) is 3.08. The third kappa shape index (κ3) is 5.34. The number of benzene rings is 2. The Labute approximate surface area is 192 Å². The maximum absolute atomic E-state index is 15.2. The highest BCUT2D eigenvalue weighted by atomic mass is 19.1. The van der Waals surface area contributed by atoms with Crippen LogP contribution in [0.15, 0.2) is 36.4 Å². The average Bonchev–Trinajstić information content (AvgIpc) is 2.81. The molecule has 0 unspecified atom stereocenters. The van der Waals surface area contributed by atoms with Gasteiger partial charge < -0.3 is 9.64 Å². The number of rotatable bonds is 7. The molecule has 0 aliphatic carbocycles. The summed E-state index contributed by atoms with van der Waals surface area (Å²) in [6, 6.07) is 10.4. The lowest BCUT2D eigenvalue weighted by Gasteiger charge is -2.36. The van der Waals surface area contributed by atoms with E-state index in [4.69, 9.17) is 4.74 Å². The predicted molar refractivity (Wildman–Crippen MR) is 125 cm³/mol. The first-order chi connectivity index (χ1) is 15.9. The molecular formula is C25H27FN4O3. The Kier molecular flexibility index (Phi) is 6.93. The van der Waals surface area contributed by atoms with E-state index in [1.165, 1.54) is 13.0 Å². The van der Waals surface area contributed by atoms with Crippen LogP contribution in [0.5, 0.6) is 0 Å². The number of fused-ring (bicyclic) bond motifs is 1. The van der Waals surface area contributed by atoms with Crippen LogP contribution in [0.1, 0.15) is 29.5 Å². The normalized spacial score (nSPS) is 14.5. The lowest BCUT2D eigenvalue weighted by atomic mass is 10.0. The molecule has 8 heteroatoms. The van der Waals surface area contributed by atoms with Crippen molar-refractivity contribution in [2.45, 2.75) is 20.3 Å². The zero-order chi connectivity index (χ0) is 23.4. The fourth-order valence-electron chi connectivity index (χ4n) is 4.18. The molecule has 0 N–H and O–H groups in total. The van der Waals surface area contributed by atoms with Crippen molar-refractivity contribution in [2.75, 3.05) is 44.2 Å². The van der Waals surface area contributed by atoms with Crippen molar-refractivity contribution >= 4 is 28.8 Å². The number of carbonyl (C=O) groups excluding carboxylic acids is 2. The van der Waals surface area contributed by atoms with Crippen LogP contribution in [0.4, 0.5) is 10.1 Å². The van der Waals surface area contributed by atoms with Gasteiger partial charge in [-0.15, -0.1) is 0 Å². The molecule has 0 spiro atoms. The maximum Gasteiger partial charge on any atom is 0.302 e. The van der Waals surface area contributed by atoms with Gasteiger partial charge in [-0.1, -0.05) is 6.07 Å². The van der Waals surface area contributed by atoms with E-state index >= 15 is 4.39 Å². The Balaban J connectivity index is 1.48. The molecule has 2 heterocycles. The summed E-state index contributed by atoms with van der Waals surface area (Å²) in [6.45, 7) is 7.59. The Morgan fingerprint density at radius 3 is 2.61 bits per heavy atom.